The minimum Gasteiger partial charge on any atom is -0.376 e. The van der Waals surface area contributed by atoms with E-state index < -0.39 is 0 Å². The lowest BCUT2D eigenvalue weighted by Gasteiger charge is -2.34. The summed E-state index contributed by atoms with van der Waals surface area (Å²) >= 11 is 0. The Morgan fingerprint density at radius 1 is 1.19 bits per heavy atom. The first-order valence-electron chi connectivity index (χ1n) is 9.51. The van der Waals surface area contributed by atoms with Crippen LogP contribution in [0.5, 0.6) is 0 Å². The summed E-state index contributed by atoms with van der Waals surface area (Å²) in [7, 11) is 0. The number of carbonyl (C=O) groups is 2. The molecule has 0 aliphatic carbocycles. The fraction of sp³-hybridized carbons (Fsp3) is 0.600. The van der Waals surface area contributed by atoms with Crippen molar-refractivity contribution in [3.05, 3.63) is 35.9 Å². The molecule has 2 fully saturated rings. The fourth-order valence-electron chi connectivity index (χ4n) is 3.37. The van der Waals surface area contributed by atoms with E-state index in [0.717, 1.165) is 32.3 Å². The monoisotopic (exact) mass is 360 g/mol. The van der Waals surface area contributed by atoms with Gasteiger partial charge in [-0.2, -0.15) is 0 Å². The second-order valence-corrected chi connectivity index (χ2v) is 6.94. The first-order chi connectivity index (χ1) is 12.7. The van der Waals surface area contributed by atoms with Gasteiger partial charge >= 0.3 is 0 Å². The third-order valence-electron chi connectivity index (χ3n) is 4.99. The highest BCUT2D eigenvalue weighted by Crippen LogP contribution is 2.13. The highest BCUT2D eigenvalue weighted by Gasteiger charge is 2.27. The molecule has 0 spiro atoms. The second-order valence-electron chi connectivity index (χ2n) is 6.94. The third-order valence-corrected chi connectivity index (χ3v) is 4.99. The number of rotatable bonds is 7. The topological polar surface area (TPSA) is 59.1 Å². The number of ether oxygens (including phenoxy) is 2. The van der Waals surface area contributed by atoms with Crippen LogP contribution in [0.3, 0.4) is 0 Å². The summed E-state index contributed by atoms with van der Waals surface area (Å²) < 4.78 is 11.1. The van der Waals surface area contributed by atoms with Gasteiger partial charge in [0.2, 0.25) is 11.8 Å². The van der Waals surface area contributed by atoms with E-state index in [1.165, 1.54) is 5.56 Å². The summed E-state index contributed by atoms with van der Waals surface area (Å²) in [6, 6.07) is 10.1. The Morgan fingerprint density at radius 2 is 2.04 bits per heavy atom. The van der Waals surface area contributed by atoms with E-state index in [0.29, 0.717) is 26.2 Å². The molecule has 0 unspecified atom stereocenters. The van der Waals surface area contributed by atoms with E-state index in [-0.39, 0.29) is 31.1 Å². The molecule has 142 valence electrons. The van der Waals surface area contributed by atoms with E-state index in [1.807, 2.05) is 23.1 Å². The van der Waals surface area contributed by atoms with Crippen molar-refractivity contribution in [1.82, 2.24) is 9.80 Å². The molecule has 0 saturated carbocycles. The summed E-state index contributed by atoms with van der Waals surface area (Å²) in [5.41, 5.74) is 1.22. The van der Waals surface area contributed by atoms with Crippen LogP contribution in [0, 0.1) is 0 Å². The van der Waals surface area contributed by atoms with E-state index in [2.05, 4.69) is 12.1 Å². The summed E-state index contributed by atoms with van der Waals surface area (Å²) in [5, 5.41) is 0. The Labute approximate surface area is 155 Å². The van der Waals surface area contributed by atoms with E-state index in [1.54, 1.807) is 4.90 Å². The average Bonchev–Trinajstić information content (AvgIpc) is 2.68. The van der Waals surface area contributed by atoms with Gasteiger partial charge in [0.05, 0.1) is 19.3 Å². The lowest BCUT2D eigenvalue weighted by Crippen LogP contribution is -2.53. The van der Waals surface area contributed by atoms with Crippen LogP contribution in [-0.4, -0.2) is 73.7 Å². The number of hydrogen-bond donors (Lipinski definition) is 0. The van der Waals surface area contributed by atoms with Crippen molar-refractivity contribution in [2.45, 2.75) is 31.8 Å². The molecule has 2 heterocycles. The maximum Gasteiger partial charge on any atom is 0.249 e. The van der Waals surface area contributed by atoms with Gasteiger partial charge in [0.15, 0.2) is 0 Å². The Balaban J connectivity index is 1.35. The van der Waals surface area contributed by atoms with Crippen LogP contribution >= 0.6 is 0 Å². The van der Waals surface area contributed by atoms with Crippen molar-refractivity contribution in [3.63, 3.8) is 0 Å². The molecule has 0 bridgehead atoms. The molecule has 6 nitrogen and oxygen atoms in total. The summed E-state index contributed by atoms with van der Waals surface area (Å²) in [4.78, 5) is 28.0. The molecule has 26 heavy (non-hydrogen) atoms. The largest absolute Gasteiger partial charge is 0.376 e. The van der Waals surface area contributed by atoms with Crippen molar-refractivity contribution >= 4 is 11.8 Å². The van der Waals surface area contributed by atoms with Crippen LogP contribution in [0.1, 0.15) is 24.8 Å². The molecule has 3 rings (SSSR count). The maximum atomic E-state index is 12.3. The highest BCUT2D eigenvalue weighted by atomic mass is 16.5. The molecule has 6 heteroatoms. The fourth-order valence-corrected chi connectivity index (χ4v) is 3.37. The second kappa shape index (κ2) is 9.69. The summed E-state index contributed by atoms with van der Waals surface area (Å²) in [6.07, 6.45) is 4.19. The van der Waals surface area contributed by atoms with E-state index >= 15 is 0 Å². The number of hydrogen-bond acceptors (Lipinski definition) is 4. The predicted octanol–water partition coefficient (Wildman–Crippen LogP) is 1.49. The van der Waals surface area contributed by atoms with Crippen LogP contribution in [0.15, 0.2) is 30.3 Å². The molecular formula is C20H28N2O4. The molecule has 0 radical (unpaired) electrons. The number of amides is 2. The van der Waals surface area contributed by atoms with E-state index in [9.17, 15) is 9.59 Å². The third kappa shape index (κ3) is 5.54. The Bertz CT molecular complexity index is 587. The minimum atomic E-state index is -0.114. The molecule has 2 saturated heterocycles. The number of nitrogens with zero attached hydrogens (tertiary/aromatic N) is 2. The molecule has 2 amide bonds. The van der Waals surface area contributed by atoms with Crippen molar-refractivity contribution in [1.29, 1.82) is 0 Å². The molecule has 0 aromatic heterocycles. The van der Waals surface area contributed by atoms with Crippen LogP contribution < -0.4 is 0 Å². The average molecular weight is 360 g/mol. The van der Waals surface area contributed by atoms with Crippen molar-refractivity contribution in [2.75, 3.05) is 46.0 Å². The smallest absolute Gasteiger partial charge is 0.249 e. The lowest BCUT2D eigenvalue weighted by molar-refractivity contribution is -0.148. The predicted molar refractivity (Wildman–Crippen MR) is 97.7 cm³/mol. The van der Waals surface area contributed by atoms with Gasteiger partial charge in [-0.15, -0.1) is 0 Å². The van der Waals surface area contributed by atoms with Crippen LogP contribution in [-0.2, 0) is 25.5 Å². The summed E-state index contributed by atoms with van der Waals surface area (Å²) in [6.45, 7) is 3.26. The van der Waals surface area contributed by atoms with Gasteiger partial charge in [-0.3, -0.25) is 9.59 Å². The molecule has 2 aliphatic heterocycles. The van der Waals surface area contributed by atoms with Gasteiger partial charge in [0.25, 0.3) is 0 Å². The molecule has 0 N–H and O–H groups in total. The Morgan fingerprint density at radius 3 is 2.77 bits per heavy atom. The molecule has 1 aromatic carbocycles. The normalized spacial score (nSPS) is 21.1. The maximum absolute atomic E-state index is 12.3. The number of carbonyl (C=O) groups excluding carboxylic acids is 2. The van der Waals surface area contributed by atoms with Crippen molar-refractivity contribution < 1.29 is 19.1 Å². The molecular weight excluding hydrogens is 332 g/mol. The highest BCUT2D eigenvalue weighted by molar-refractivity contribution is 5.86. The van der Waals surface area contributed by atoms with Gasteiger partial charge in [-0.25, -0.2) is 0 Å². The first kappa shape index (κ1) is 18.9. The van der Waals surface area contributed by atoms with Crippen molar-refractivity contribution in [2.24, 2.45) is 0 Å². The van der Waals surface area contributed by atoms with Crippen molar-refractivity contribution in [3.8, 4) is 0 Å². The van der Waals surface area contributed by atoms with Gasteiger partial charge < -0.3 is 19.3 Å². The zero-order chi connectivity index (χ0) is 18.2. The van der Waals surface area contributed by atoms with Crippen LogP contribution in [0.4, 0.5) is 0 Å². The number of benzene rings is 1. The van der Waals surface area contributed by atoms with Gasteiger partial charge in [0.1, 0.15) is 6.61 Å². The molecule has 1 atom stereocenters. The van der Waals surface area contributed by atoms with Gasteiger partial charge in [-0.05, 0) is 31.2 Å². The Hall–Kier alpha value is -1.92. The zero-order valence-electron chi connectivity index (χ0n) is 15.3. The number of piperazine rings is 1. The van der Waals surface area contributed by atoms with Crippen LogP contribution in [0.25, 0.3) is 0 Å². The minimum absolute atomic E-state index is 0.0103. The lowest BCUT2D eigenvalue weighted by atomic mass is 10.1. The quantitative estimate of drug-likeness (QED) is 0.739. The molecule has 2 aliphatic rings. The zero-order valence-corrected chi connectivity index (χ0v) is 15.3. The first-order valence-corrected chi connectivity index (χ1v) is 9.51. The van der Waals surface area contributed by atoms with Gasteiger partial charge in [-0.1, -0.05) is 30.3 Å². The SMILES string of the molecule is O=C1CN(C(=O)COC[C@H]2CCCCO2)CCN1CCc1ccccc1. The Kier molecular flexibility index (Phi) is 7.03. The van der Waals surface area contributed by atoms with Crippen LogP contribution in [0.2, 0.25) is 0 Å². The summed E-state index contributed by atoms with van der Waals surface area (Å²) in [5.74, 6) is -0.104. The standard InChI is InChI=1S/C20H28N2O4/c23-19-14-22(20(24)16-25-15-18-8-4-5-13-26-18)12-11-21(19)10-9-17-6-2-1-3-7-17/h1-3,6-7,18H,4-5,8-16H2/t18-/m1/s1. The van der Waals surface area contributed by atoms with E-state index in [4.69, 9.17) is 9.47 Å². The van der Waals surface area contributed by atoms with Gasteiger partial charge in [0, 0.05) is 26.2 Å². The molecule has 1 aromatic rings.